The molecule has 0 atom stereocenters. The van der Waals surface area contributed by atoms with E-state index in [1.165, 1.54) is 0 Å². The molecule has 0 aliphatic carbocycles. The van der Waals surface area contributed by atoms with Gasteiger partial charge in [0.15, 0.2) is 0 Å². The van der Waals surface area contributed by atoms with Gasteiger partial charge < -0.3 is 24.6 Å². The molecule has 0 bridgehead atoms. The van der Waals surface area contributed by atoms with E-state index in [9.17, 15) is 14.4 Å². The SMILES string of the molecule is CC(C)(C)OC(=O)/N=C(\NC(=O)OC(C)(C)C)Nc1ccc(OCCC(=O)O)cc1. The smallest absolute Gasteiger partial charge is 0.437 e. The predicted octanol–water partition coefficient (Wildman–Crippen LogP) is 3.77. The molecule has 0 aromatic heterocycles. The molecule has 2 amide bonds. The molecule has 0 saturated carbocycles. The van der Waals surface area contributed by atoms with Crippen molar-refractivity contribution in [3.63, 3.8) is 0 Å². The third-order valence-electron chi connectivity index (χ3n) is 2.92. The molecule has 0 saturated heterocycles. The first-order valence-electron chi connectivity index (χ1n) is 9.27. The molecule has 0 radical (unpaired) electrons. The minimum absolute atomic E-state index is 0.0354. The minimum Gasteiger partial charge on any atom is -0.493 e. The van der Waals surface area contributed by atoms with Crippen LogP contribution in [0.4, 0.5) is 15.3 Å². The van der Waals surface area contributed by atoms with Gasteiger partial charge in [0, 0.05) is 5.69 Å². The Hall–Kier alpha value is -3.30. The van der Waals surface area contributed by atoms with E-state index in [1.54, 1.807) is 65.8 Å². The molecule has 0 aliphatic rings. The molecule has 0 unspecified atom stereocenters. The zero-order chi connectivity index (χ0) is 22.9. The van der Waals surface area contributed by atoms with Gasteiger partial charge in [0.1, 0.15) is 17.0 Å². The number of carboxylic acid groups (broad SMARTS) is 1. The first-order valence-corrected chi connectivity index (χ1v) is 9.27. The van der Waals surface area contributed by atoms with E-state index in [0.717, 1.165) is 0 Å². The number of nitrogens with zero attached hydrogens (tertiary/aromatic N) is 1. The van der Waals surface area contributed by atoms with Crippen molar-refractivity contribution in [3.8, 4) is 5.75 Å². The van der Waals surface area contributed by atoms with Crippen molar-refractivity contribution in [1.29, 1.82) is 0 Å². The fraction of sp³-hybridized carbons (Fsp3) is 0.500. The molecule has 10 nitrogen and oxygen atoms in total. The van der Waals surface area contributed by atoms with Crippen LogP contribution in [0.2, 0.25) is 0 Å². The van der Waals surface area contributed by atoms with Crippen LogP contribution in [0.5, 0.6) is 5.75 Å². The number of nitrogens with one attached hydrogen (secondary N) is 2. The van der Waals surface area contributed by atoms with Gasteiger partial charge in [-0.15, -0.1) is 4.99 Å². The number of aliphatic carboxylic acids is 1. The summed E-state index contributed by atoms with van der Waals surface area (Å²) in [5.41, 5.74) is -1.01. The number of carbonyl (C=O) groups excluding carboxylic acids is 2. The molecule has 0 spiro atoms. The van der Waals surface area contributed by atoms with Gasteiger partial charge in [-0.3, -0.25) is 10.1 Å². The van der Waals surface area contributed by atoms with Gasteiger partial charge in [-0.25, -0.2) is 9.59 Å². The van der Waals surface area contributed by atoms with Crippen molar-refractivity contribution < 1.29 is 33.7 Å². The molecule has 166 valence electrons. The van der Waals surface area contributed by atoms with Gasteiger partial charge >= 0.3 is 18.2 Å². The van der Waals surface area contributed by atoms with Crippen LogP contribution in [0, 0.1) is 0 Å². The Kier molecular flexibility index (Phi) is 8.63. The Morgan fingerprint density at radius 3 is 2.03 bits per heavy atom. The lowest BCUT2D eigenvalue weighted by Crippen LogP contribution is -2.40. The van der Waals surface area contributed by atoms with E-state index in [2.05, 4.69) is 15.6 Å². The summed E-state index contributed by atoms with van der Waals surface area (Å²) >= 11 is 0. The third kappa shape index (κ3) is 11.5. The molecule has 3 N–H and O–H groups in total. The van der Waals surface area contributed by atoms with Crippen molar-refractivity contribution in [2.75, 3.05) is 11.9 Å². The van der Waals surface area contributed by atoms with Crippen LogP contribution in [-0.2, 0) is 14.3 Å². The quantitative estimate of drug-likeness (QED) is 0.481. The van der Waals surface area contributed by atoms with E-state index in [0.29, 0.717) is 11.4 Å². The Morgan fingerprint density at radius 2 is 1.53 bits per heavy atom. The number of anilines is 1. The molecule has 0 aliphatic heterocycles. The van der Waals surface area contributed by atoms with Crippen molar-refractivity contribution in [2.24, 2.45) is 4.99 Å². The highest BCUT2D eigenvalue weighted by Crippen LogP contribution is 2.16. The average molecular weight is 423 g/mol. The van der Waals surface area contributed by atoms with E-state index < -0.39 is 29.4 Å². The summed E-state index contributed by atoms with van der Waals surface area (Å²) in [5.74, 6) is -0.671. The normalized spacial score (nSPS) is 12.0. The first kappa shape index (κ1) is 24.7. The largest absolute Gasteiger partial charge is 0.493 e. The maximum absolute atomic E-state index is 12.1. The first-order chi connectivity index (χ1) is 13.7. The monoisotopic (exact) mass is 423 g/mol. The fourth-order valence-electron chi connectivity index (χ4n) is 1.89. The van der Waals surface area contributed by atoms with E-state index in [4.69, 9.17) is 19.3 Å². The third-order valence-corrected chi connectivity index (χ3v) is 2.92. The number of carboxylic acids is 1. The van der Waals surface area contributed by atoms with Gasteiger partial charge in [-0.05, 0) is 65.8 Å². The van der Waals surface area contributed by atoms with Crippen LogP contribution in [0.3, 0.4) is 0 Å². The van der Waals surface area contributed by atoms with Gasteiger partial charge in [-0.1, -0.05) is 0 Å². The number of rotatable bonds is 5. The number of amides is 2. The summed E-state index contributed by atoms with van der Waals surface area (Å²) in [5, 5.41) is 13.8. The molecular formula is C20H29N3O7. The fourth-order valence-corrected chi connectivity index (χ4v) is 1.89. The van der Waals surface area contributed by atoms with E-state index in [1.807, 2.05) is 0 Å². The average Bonchev–Trinajstić information content (AvgIpc) is 2.52. The van der Waals surface area contributed by atoms with Crippen LogP contribution in [0.25, 0.3) is 0 Å². The van der Waals surface area contributed by atoms with Crippen LogP contribution in [-0.4, -0.2) is 47.0 Å². The van der Waals surface area contributed by atoms with Crippen molar-refractivity contribution in [3.05, 3.63) is 24.3 Å². The lowest BCUT2D eigenvalue weighted by molar-refractivity contribution is -0.137. The van der Waals surface area contributed by atoms with Gasteiger partial charge in [0.2, 0.25) is 5.96 Å². The number of alkyl carbamates (subject to hydrolysis) is 1. The molecular weight excluding hydrogens is 394 g/mol. The Morgan fingerprint density at radius 1 is 0.967 bits per heavy atom. The van der Waals surface area contributed by atoms with Gasteiger partial charge in [-0.2, -0.15) is 0 Å². The molecule has 1 aromatic carbocycles. The van der Waals surface area contributed by atoms with Crippen molar-refractivity contribution >= 4 is 29.8 Å². The summed E-state index contributed by atoms with van der Waals surface area (Å²) in [6.45, 7) is 10.2. The van der Waals surface area contributed by atoms with Gasteiger partial charge in [0.05, 0.1) is 13.0 Å². The molecule has 1 rings (SSSR count). The second kappa shape index (κ2) is 10.5. The summed E-state index contributed by atoms with van der Waals surface area (Å²) < 4.78 is 15.6. The predicted molar refractivity (Wildman–Crippen MR) is 111 cm³/mol. The highest BCUT2D eigenvalue weighted by Gasteiger charge is 2.20. The van der Waals surface area contributed by atoms with E-state index >= 15 is 0 Å². The van der Waals surface area contributed by atoms with Crippen LogP contribution in [0.15, 0.2) is 29.3 Å². The van der Waals surface area contributed by atoms with Crippen LogP contribution in [0.1, 0.15) is 48.0 Å². The molecule has 0 heterocycles. The second-order valence-corrected chi connectivity index (χ2v) is 8.21. The number of ether oxygens (including phenoxy) is 3. The maximum Gasteiger partial charge on any atom is 0.437 e. The Balaban J connectivity index is 2.89. The molecule has 1 aromatic rings. The van der Waals surface area contributed by atoms with Crippen molar-refractivity contribution in [2.45, 2.75) is 59.2 Å². The van der Waals surface area contributed by atoms with Gasteiger partial charge in [0.25, 0.3) is 0 Å². The molecule has 0 fully saturated rings. The maximum atomic E-state index is 12.1. The summed E-state index contributed by atoms with van der Waals surface area (Å²) in [7, 11) is 0. The number of guanidine groups is 1. The molecule has 30 heavy (non-hydrogen) atoms. The highest BCUT2D eigenvalue weighted by atomic mass is 16.6. The second-order valence-electron chi connectivity index (χ2n) is 8.21. The standard InChI is InChI=1S/C20H29N3O7/c1-19(2,3)29-17(26)22-16(23-18(27)30-20(4,5)6)21-13-7-9-14(10-8-13)28-12-11-15(24)25/h7-10H,11-12H2,1-6H3,(H,24,25)(H2,21,22,23,26,27). The minimum atomic E-state index is -0.954. The highest BCUT2D eigenvalue weighted by molar-refractivity contribution is 6.06. The number of hydrogen-bond donors (Lipinski definition) is 3. The number of carbonyl (C=O) groups is 3. The number of aliphatic imine (C=N–C) groups is 1. The van der Waals surface area contributed by atoms with Crippen molar-refractivity contribution in [1.82, 2.24) is 5.32 Å². The zero-order valence-electron chi connectivity index (χ0n) is 18.1. The number of benzene rings is 1. The Labute approximate surface area is 175 Å². The number of hydrogen-bond acceptors (Lipinski definition) is 6. The Bertz CT molecular complexity index is 775. The molecule has 10 heteroatoms. The lowest BCUT2D eigenvalue weighted by Gasteiger charge is -2.21. The van der Waals surface area contributed by atoms with Crippen LogP contribution >= 0.6 is 0 Å². The zero-order valence-corrected chi connectivity index (χ0v) is 18.1. The lowest BCUT2D eigenvalue weighted by atomic mass is 10.2. The summed E-state index contributed by atoms with van der Waals surface area (Å²) in [4.78, 5) is 38.4. The topological polar surface area (TPSA) is 136 Å². The summed E-state index contributed by atoms with van der Waals surface area (Å²) in [6.07, 6.45) is -1.81. The summed E-state index contributed by atoms with van der Waals surface area (Å²) in [6, 6.07) is 6.42. The van der Waals surface area contributed by atoms with E-state index in [-0.39, 0.29) is 19.0 Å². The van der Waals surface area contributed by atoms with Crippen LogP contribution < -0.4 is 15.4 Å².